The van der Waals surface area contributed by atoms with Crippen molar-refractivity contribution < 1.29 is 21.1 Å². The van der Waals surface area contributed by atoms with Gasteiger partial charge in [0.25, 0.3) is 0 Å². The number of H-pyrrole nitrogens is 1. The van der Waals surface area contributed by atoms with Gasteiger partial charge in [0, 0.05) is 23.7 Å². The molecular weight excluding hydrogens is 870 g/mol. The summed E-state index contributed by atoms with van der Waals surface area (Å²) in [5.41, 5.74) is 17.1. The van der Waals surface area contributed by atoms with E-state index in [1.807, 2.05) is 60.3 Å². The maximum Gasteiger partial charge on any atom is 2.00 e. The minimum Gasteiger partial charge on any atom is -0.262 e. The van der Waals surface area contributed by atoms with Gasteiger partial charge in [0.2, 0.25) is 6.71 Å². The van der Waals surface area contributed by atoms with Crippen LogP contribution in [0.25, 0.3) is 22.8 Å². The molecule has 0 atom stereocenters. The van der Waals surface area contributed by atoms with E-state index in [1.165, 1.54) is 61.7 Å². The van der Waals surface area contributed by atoms with Crippen LogP contribution in [0.3, 0.4) is 0 Å². The Morgan fingerprint density at radius 2 is 1.20 bits per heavy atom. The normalized spacial score (nSPS) is 10.3. The second-order valence-corrected chi connectivity index (χ2v) is 14.0. The molecule has 0 aliphatic rings. The monoisotopic (exact) mass is 917 g/mol. The van der Waals surface area contributed by atoms with E-state index >= 15 is 0 Å². The summed E-state index contributed by atoms with van der Waals surface area (Å²) in [4.78, 5) is 12.0. The quantitative estimate of drug-likeness (QED) is 0.166. The van der Waals surface area contributed by atoms with E-state index in [0.29, 0.717) is 12.4 Å². The first-order valence-electron chi connectivity index (χ1n) is 18.5. The maximum atomic E-state index is 4.53. The van der Waals surface area contributed by atoms with Crippen molar-refractivity contribution in [2.45, 2.75) is 55.0 Å². The number of rotatable bonds is 7. The molecule has 10 heteroatoms. The van der Waals surface area contributed by atoms with Crippen molar-refractivity contribution in [2.75, 3.05) is 0 Å². The van der Waals surface area contributed by atoms with Crippen LogP contribution in [0, 0.1) is 48.5 Å². The summed E-state index contributed by atoms with van der Waals surface area (Å²) in [7, 11) is 0. The summed E-state index contributed by atoms with van der Waals surface area (Å²) in [6.45, 7) is 16.2. The van der Waals surface area contributed by atoms with Crippen LogP contribution in [0.4, 0.5) is 0 Å². The van der Waals surface area contributed by atoms with Crippen LogP contribution in [0.2, 0.25) is 0 Å². The topological polar surface area (TPSA) is 98.1 Å². The van der Waals surface area contributed by atoms with Crippen LogP contribution in [-0.4, -0.2) is 46.9 Å². The summed E-state index contributed by atoms with van der Waals surface area (Å²) in [6, 6.07) is 40.0. The van der Waals surface area contributed by atoms with Crippen molar-refractivity contribution >= 4 is 23.1 Å². The number of pyridine rings is 2. The zero-order chi connectivity index (χ0) is 38.7. The number of hydrogen-bond acceptors (Lipinski definition) is 6. The molecule has 0 saturated carbocycles. The van der Waals surface area contributed by atoms with Crippen molar-refractivity contribution in [1.29, 1.82) is 0 Å². The molecule has 8 aromatic rings. The van der Waals surface area contributed by atoms with Gasteiger partial charge in [0.15, 0.2) is 5.82 Å². The fourth-order valence-corrected chi connectivity index (χ4v) is 7.21. The molecule has 0 saturated heterocycles. The number of aromatic nitrogens is 8. The van der Waals surface area contributed by atoms with Crippen LogP contribution < -0.4 is 16.4 Å². The Bertz CT molecular complexity index is 2330. The van der Waals surface area contributed by atoms with Crippen LogP contribution in [0.1, 0.15) is 44.6 Å². The Hall–Kier alpha value is -5.79. The first kappa shape index (κ1) is 41.4. The number of nitrogens with one attached hydrogen (secondary N) is 1. The molecular formula is C46H47BN8Pt+2. The number of benzene rings is 4. The van der Waals surface area contributed by atoms with Gasteiger partial charge >= 0.3 is 21.1 Å². The summed E-state index contributed by atoms with van der Waals surface area (Å²) in [5.74, 6) is 0.700. The Labute approximate surface area is 345 Å². The summed E-state index contributed by atoms with van der Waals surface area (Å²) in [5, 5.41) is 15.4. The van der Waals surface area contributed by atoms with Gasteiger partial charge in [-0.2, -0.15) is 5.10 Å². The zero-order valence-electron chi connectivity index (χ0n) is 33.0. The van der Waals surface area contributed by atoms with E-state index in [1.54, 1.807) is 12.4 Å². The summed E-state index contributed by atoms with van der Waals surface area (Å²) < 4.78 is 1.91. The van der Waals surface area contributed by atoms with Crippen molar-refractivity contribution in [3.05, 3.63) is 185 Å². The molecule has 1 N–H and O–H groups in total. The van der Waals surface area contributed by atoms with E-state index in [4.69, 9.17) is 0 Å². The predicted molar refractivity (Wildman–Crippen MR) is 226 cm³/mol. The van der Waals surface area contributed by atoms with Crippen LogP contribution in [-0.2, 0) is 27.6 Å². The Morgan fingerprint density at radius 3 is 1.71 bits per heavy atom. The predicted octanol–water partition coefficient (Wildman–Crippen LogP) is 7.61. The standard InChI is InChI=1S/C33H34BN3.C7H6N4.C6H7N.Pt/c1-22-15-24(3)32(25(4)16-22)34(33-26(5)17-23(2)18-27(33)6)30-14-10-13-29(19-30)31-21-37(36-35-31)20-28-11-8-7-9-12-28;1-2-4-8-6(3-1)7-9-5-10-11-7;1-6-4-2-3-5-7-6;/h7-19,21H,20H2,1-6H3;1-5H,(H,9,10,11);2-5H,1H3;/q;;;+2. The van der Waals surface area contributed by atoms with Crippen LogP contribution in [0.15, 0.2) is 140 Å². The van der Waals surface area contributed by atoms with Crippen LogP contribution in [0.5, 0.6) is 0 Å². The Kier molecular flexibility index (Phi) is 14.6. The van der Waals surface area contributed by atoms with Gasteiger partial charge in [0.05, 0.1) is 12.7 Å². The van der Waals surface area contributed by atoms with Gasteiger partial charge in [-0.05, 0) is 78.3 Å². The Balaban J connectivity index is 0.000000257. The second-order valence-electron chi connectivity index (χ2n) is 14.0. The van der Waals surface area contributed by atoms with E-state index in [0.717, 1.165) is 22.6 Å². The average Bonchev–Trinajstić information content (AvgIpc) is 3.89. The molecule has 4 aromatic heterocycles. The molecule has 4 heterocycles. The summed E-state index contributed by atoms with van der Waals surface area (Å²) in [6.07, 6.45) is 7.02. The molecule has 0 bridgehead atoms. The average molecular weight is 918 g/mol. The third-order valence-corrected chi connectivity index (χ3v) is 9.43. The fraction of sp³-hybridized carbons (Fsp3) is 0.174. The second kappa shape index (κ2) is 19.7. The van der Waals surface area contributed by atoms with Gasteiger partial charge in [-0.1, -0.05) is 146 Å². The molecule has 0 aliphatic carbocycles. The molecule has 8 rings (SSSR count). The third kappa shape index (κ3) is 10.7. The van der Waals surface area contributed by atoms with Gasteiger partial charge < -0.3 is 0 Å². The van der Waals surface area contributed by atoms with Crippen LogP contribution >= 0.6 is 0 Å². The van der Waals surface area contributed by atoms with E-state index < -0.39 is 0 Å². The minimum atomic E-state index is 0. The summed E-state index contributed by atoms with van der Waals surface area (Å²) >= 11 is 0. The number of nitrogens with zero attached hydrogens (tertiary/aromatic N) is 7. The van der Waals surface area contributed by atoms with Crippen molar-refractivity contribution in [3.63, 3.8) is 0 Å². The number of aromatic amines is 1. The molecule has 56 heavy (non-hydrogen) atoms. The molecule has 0 radical (unpaired) electrons. The molecule has 0 aliphatic heterocycles. The fourth-order valence-electron chi connectivity index (χ4n) is 7.21. The number of hydrogen-bond donors (Lipinski definition) is 1. The molecule has 0 amide bonds. The first-order valence-corrected chi connectivity index (χ1v) is 18.5. The molecule has 4 aromatic carbocycles. The smallest absolute Gasteiger partial charge is 0.262 e. The van der Waals surface area contributed by atoms with E-state index in [2.05, 4.69) is 150 Å². The maximum absolute atomic E-state index is 4.53. The minimum absolute atomic E-state index is 0. The third-order valence-electron chi connectivity index (χ3n) is 9.43. The number of aryl methyl sites for hydroxylation is 7. The van der Waals surface area contributed by atoms with E-state index in [9.17, 15) is 0 Å². The molecule has 0 fully saturated rings. The largest absolute Gasteiger partial charge is 2.00 e. The Morgan fingerprint density at radius 1 is 0.589 bits per heavy atom. The first-order chi connectivity index (χ1) is 26.7. The van der Waals surface area contributed by atoms with Crippen molar-refractivity contribution in [1.82, 2.24) is 40.1 Å². The SMILES string of the molecule is Cc1cc(C)c(B(c2cccc(-c3cn(Cc4ccccc4)nn3)c2)c2c(C)cc(C)cc2C)c(C)c1.Cc1ccccn1.[Pt+2].c1ccc(-c2ncn[nH]2)nc1. The van der Waals surface area contributed by atoms with Crippen molar-refractivity contribution in [2.24, 2.45) is 0 Å². The van der Waals surface area contributed by atoms with Gasteiger partial charge in [-0.15, -0.1) is 5.10 Å². The van der Waals surface area contributed by atoms with Crippen molar-refractivity contribution in [3.8, 4) is 22.8 Å². The molecule has 8 nitrogen and oxygen atoms in total. The molecule has 282 valence electrons. The van der Waals surface area contributed by atoms with Gasteiger partial charge in [0.1, 0.15) is 17.7 Å². The molecule has 0 unspecified atom stereocenters. The van der Waals surface area contributed by atoms with E-state index in [-0.39, 0.29) is 27.8 Å². The van der Waals surface area contributed by atoms with Gasteiger partial charge in [-0.25, -0.2) is 9.67 Å². The molecule has 0 spiro atoms. The van der Waals surface area contributed by atoms with Gasteiger partial charge in [-0.3, -0.25) is 15.1 Å². The zero-order valence-corrected chi connectivity index (χ0v) is 35.3.